The third kappa shape index (κ3) is 4.71. The van der Waals surface area contributed by atoms with Crippen LogP contribution in [0.15, 0.2) is 65.3 Å². The fourth-order valence-electron chi connectivity index (χ4n) is 2.79. The molecule has 0 atom stereocenters. The molecule has 0 fully saturated rings. The van der Waals surface area contributed by atoms with E-state index in [2.05, 4.69) is 20.9 Å². The topological polar surface area (TPSA) is 105 Å². The predicted molar refractivity (Wildman–Crippen MR) is 123 cm³/mol. The number of methoxy groups -OCH3 is 1. The number of nitrogens with zero attached hydrogens (tertiary/aromatic N) is 1. The third-order valence-electron chi connectivity index (χ3n) is 4.19. The quantitative estimate of drug-likeness (QED) is 0.388. The summed E-state index contributed by atoms with van der Waals surface area (Å²) in [6, 6.07) is 15.5. The first kappa shape index (κ1) is 20.5. The van der Waals surface area contributed by atoms with Crippen LogP contribution in [0.2, 0.25) is 0 Å². The van der Waals surface area contributed by atoms with E-state index in [1.165, 1.54) is 24.7 Å². The van der Waals surface area contributed by atoms with Crippen molar-refractivity contribution in [2.75, 3.05) is 17.7 Å². The fraction of sp³-hybridized carbons (Fsp3) is 0.0476. The molecule has 3 N–H and O–H groups in total. The number of thiazole rings is 1. The van der Waals surface area contributed by atoms with Crippen LogP contribution in [0, 0.1) is 0 Å². The number of carbonyl (C=O) groups is 2. The molecule has 0 saturated heterocycles. The second-order valence-corrected chi connectivity index (χ2v) is 7.68. The van der Waals surface area contributed by atoms with E-state index in [-0.39, 0.29) is 22.7 Å². The Bertz CT molecular complexity index is 1270. The first-order chi connectivity index (χ1) is 15.0. The number of aromatic nitrogens is 1. The van der Waals surface area contributed by atoms with Gasteiger partial charge in [0.15, 0.2) is 16.0 Å². The SMILES string of the molecule is COc1ccccc1C(=O)NC(=S)Nc1ccc2nc(NC(=O)c3ccco3)sc2c1. The lowest BCUT2D eigenvalue weighted by Crippen LogP contribution is -2.34. The highest BCUT2D eigenvalue weighted by Gasteiger charge is 2.14. The largest absolute Gasteiger partial charge is 0.496 e. The minimum atomic E-state index is -0.378. The Morgan fingerprint density at radius 3 is 2.68 bits per heavy atom. The molecule has 2 heterocycles. The highest BCUT2D eigenvalue weighted by Crippen LogP contribution is 2.29. The first-order valence-corrected chi connectivity index (χ1v) is 10.3. The summed E-state index contributed by atoms with van der Waals surface area (Å²) < 4.78 is 11.1. The summed E-state index contributed by atoms with van der Waals surface area (Å²) in [5, 5.41) is 8.91. The Hall–Kier alpha value is -3.76. The lowest BCUT2D eigenvalue weighted by molar-refractivity contribution is 0.0972. The van der Waals surface area contributed by atoms with Crippen molar-refractivity contribution >= 4 is 61.5 Å². The van der Waals surface area contributed by atoms with Crippen molar-refractivity contribution in [1.29, 1.82) is 0 Å². The smallest absolute Gasteiger partial charge is 0.293 e. The molecule has 0 unspecified atom stereocenters. The second-order valence-electron chi connectivity index (χ2n) is 6.24. The second kappa shape index (κ2) is 8.94. The number of hydrogen-bond acceptors (Lipinski definition) is 7. The van der Waals surface area contributed by atoms with Crippen LogP contribution in [0.1, 0.15) is 20.9 Å². The van der Waals surface area contributed by atoms with Crippen LogP contribution in [0.3, 0.4) is 0 Å². The molecule has 10 heteroatoms. The van der Waals surface area contributed by atoms with Crippen molar-refractivity contribution in [3.05, 3.63) is 72.2 Å². The van der Waals surface area contributed by atoms with Crippen molar-refractivity contribution in [3.63, 3.8) is 0 Å². The molecule has 2 aromatic carbocycles. The average Bonchev–Trinajstić information content (AvgIpc) is 3.43. The highest BCUT2D eigenvalue weighted by atomic mass is 32.1. The maximum Gasteiger partial charge on any atom is 0.293 e. The number of nitrogens with one attached hydrogen (secondary N) is 3. The van der Waals surface area contributed by atoms with E-state index in [4.69, 9.17) is 21.4 Å². The molecule has 156 valence electrons. The van der Waals surface area contributed by atoms with Gasteiger partial charge in [0.25, 0.3) is 11.8 Å². The molecule has 31 heavy (non-hydrogen) atoms. The van der Waals surface area contributed by atoms with Crippen molar-refractivity contribution < 1.29 is 18.7 Å². The summed E-state index contributed by atoms with van der Waals surface area (Å²) >= 11 is 6.57. The molecule has 4 aromatic rings. The number of rotatable bonds is 5. The van der Waals surface area contributed by atoms with Gasteiger partial charge in [-0.25, -0.2) is 4.98 Å². The van der Waals surface area contributed by atoms with Crippen LogP contribution >= 0.6 is 23.6 Å². The summed E-state index contributed by atoms with van der Waals surface area (Å²) in [7, 11) is 1.50. The molecule has 0 aliphatic heterocycles. The molecular formula is C21H16N4O4S2. The number of carbonyl (C=O) groups excluding carboxylic acids is 2. The van der Waals surface area contributed by atoms with Crippen molar-refractivity contribution in [1.82, 2.24) is 10.3 Å². The Kier molecular flexibility index (Phi) is 5.92. The molecule has 2 aromatic heterocycles. The minimum Gasteiger partial charge on any atom is -0.496 e. The third-order valence-corrected chi connectivity index (χ3v) is 5.33. The van der Waals surface area contributed by atoms with E-state index in [1.807, 2.05) is 6.07 Å². The number of hydrogen-bond donors (Lipinski definition) is 3. The Morgan fingerprint density at radius 1 is 1.06 bits per heavy atom. The zero-order chi connectivity index (χ0) is 21.8. The molecule has 0 saturated carbocycles. The average molecular weight is 453 g/mol. The molecule has 0 radical (unpaired) electrons. The number of thiocarbonyl (C=S) groups is 1. The number of benzene rings is 2. The maximum atomic E-state index is 12.5. The molecule has 0 spiro atoms. The van der Waals surface area contributed by atoms with E-state index in [9.17, 15) is 9.59 Å². The van der Waals surface area contributed by atoms with Crippen LogP contribution in [-0.2, 0) is 0 Å². The van der Waals surface area contributed by atoms with Gasteiger partial charge in [-0.05, 0) is 54.7 Å². The molecule has 2 amide bonds. The summed E-state index contributed by atoms with van der Waals surface area (Å²) in [6.45, 7) is 0. The van der Waals surface area contributed by atoms with Crippen LogP contribution in [-0.4, -0.2) is 29.0 Å². The Morgan fingerprint density at radius 2 is 1.90 bits per heavy atom. The first-order valence-electron chi connectivity index (χ1n) is 9.04. The van der Waals surface area contributed by atoms with Gasteiger partial charge in [0.2, 0.25) is 0 Å². The number of fused-ring (bicyclic) bond motifs is 1. The van der Waals surface area contributed by atoms with Crippen molar-refractivity contribution in [3.8, 4) is 5.75 Å². The Balaban J connectivity index is 1.43. The Labute approximate surface area is 186 Å². The molecule has 0 aliphatic carbocycles. The van der Waals surface area contributed by atoms with Gasteiger partial charge in [-0.2, -0.15) is 0 Å². The summed E-state index contributed by atoms with van der Waals surface area (Å²) in [5.74, 6) is -0.0878. The number of anilines is 2. The molecule has 4 rings (SSSR count). The fourth-order valence-corrected chi connectivity index (χ4v) is 3.90. The van der Waals surface area contributed by atoms with Crippen LogP contribution in [0.4, 0.5) is 10.8 Å². The van der Waals surface area contributed by atoms with Crippen LogP contribution in [0.25, 0.3) is 10.2 Å². The van der Waals surface area contributed by atoms with Crippen LogP contribution in [0.5, 0.6) is 5.75 Å². The number of ether oxygens (including phenoxy) is 1. The van der Waals surface area contributed by atoms with Gasteiger partial charge >= 0.3 is 0 Å². The van der Waals surface area contributed by atoms with Crippen molar-refractivity contribution in [2.45, 2.75) is 0 Å². The van der Waals surface area contributed by atoms with Gasteiger partial charge in [-0.1, -0.05) is 23.5 Å². The van der Waals surface area contributed by atoms with Gasteiger partial charge in [0, 0.05) is 5.69 Å². The monoisotopic (exact) mass is 452 g/mol. The van der Waals surface area contributed by atoms with E-state index in [1.54, 1.807) is 48.5 Å². The minimum absolute atomic E-state index is 0.145. The van der Waals surface area contributed by atoms with Gasteiger partial charge in [0.1, 0.15) is 5.75 Å². The zero-order valence-electron chi connectivity index (χ0n) is 16.2. The molecule has 8 nitrogen and oxygen atoms in total. The zero-order valence-corrected chi connectivity index (χ0v) is 17.8. The predicted octanol–water partition coefficient (Wildman–Crippen LogP) is 4.28. The molecular weight excluding hydrogens is 436 g/mol. The van der Waals surface area contributed by atoms with E-state index in [0.29, 0.717) is 27.6 Å². The van der Waals surface area contributed by atoms with Gasteiger partial charge < -0.3 is 14.5 Å². The number of amides is 2. The van der Waals surface area contributed by atoms with E-state index in [0.717, 1.165) is 4.70 Å². The molecule has 0 aliphatic rings. The molecule has 0 bridgehead atoms. The summed E-state index contributed by atoms with van der Waals surface area (Å²) in [6.07, 6.45) is 1.43. The lowest BCUT2D eigenvalue weighted by atomic mass is 10.2. The van der Waals surface area contributed by atoms with Gasteiger partial charge in [0.05, 0.1) is 29.2 Å². The summed E-state index contributed by atoms with van der Waals surface area (Å²) in [4.78, 5) is 29.0. The van der Waals surface area contributed by atoms with E-state index < -0.39 is 0 Å². The number of para-hydroxylation sites is 1. The normalized spacial score (nSPS) is 10.5. The van der Waals surface area contributed by atoms with Crippen molar-refractivity contribution in [2.24, 2.45) is 0 Å². The summed E-state index contributed by atoms with van der Waals surface area (Å²) in [5.41, 5.74) is 1.77. The standard InChI is InChI=1S/C21H16N4O4S2/c1-28-15-6-3-2-5-13(15)18(26)24-20(30)22-12-8-9-14-17(11-12)31-21(23-14)25-19(27)16-7-4-10-29-16/h2-11H,1H3,(H,23,25,27)(H2,22,24,26,30). The van der Waals surface area contributed by atoms with Crippen LogP contribution < -0.4 is 20.7 Å². The van der Waals surface area contributed by atoms with Gasteiger partial charge in [-0.3, -0.25) is 20.2 Å². The maximum absolute atomic E-state index is 12.5. The number of furan rings is 1. The van der Waals surface area contributed by atoms with Gasteiger partial charge in [-0.15, -0.1) is 0 Å². The highest BCUT2D eigenvalue weighted by molar-refractivity contribution is 7.80. The lowest BCUT2D eigenvalue weighted by Gasteiger charge is -2.11. The van der Waals surface area contributed by atoms with E-state index >= 15 is 0 Å².